The normalized spacial score (nSPS) is 33.1. The van der Waals surface area contributed by atoms with Crippen LogP contribution in [0.25, 0.3) is 0 Å². The molecule has 9 nitrogen and oxygen atoms in total. The Morgan fingerprint density at radius 3 is 2.79 bits per heavy atom. The largest absolute Gasteiger partial charge is 0.449 e. The van der Waals surface area contributed by atoms with E-state index in [9.17, 15) is 14.4 Å². The fourth-order valence-electron chi connectivity index (χ4n) is 4.89. The fourth-order valence-corrected chi connectivity index (χ4v) is 4.89. The number of nitrogens with one attached hydrogen (secondary N) is 2. The molecule has 0 spiro atoms. The zero-order chi connectivity index (χ0) is 20.2. The van der Waals surface area contributed by atoms with Crippen LogP contribution in [0.4, 0.5) is 4.79 Å². The van der Waals surface area contributed by atoms with Gasteiger partial charge in [-0.1, -0.05) is 13.3 Å². The Morgan fingerprint density at radius 1 is 1.39 bits per heavy atom. The van der Waals surface area contributed by atoms with Gasteiger partial charge in [-0.05, 0) is 13.3 Å². The molecule has 4 N–H and O–H groups in total. The number of carbonyl (C=O) groups excluding carboxylic acids is 3. The monoisotopic (exact) mass is 390 g/mol. The molecule has 28 heavy (non-hydrogen) atoms. The Kier molecular flexibility index (Phi) is 4.46. The molecule has 1 amide bonds. The van der Waals surface area contributed by atoms with E-state index in [4.69, 9.17) is 15.2 Å². The number of Topliss-reactive ketones (excluding diaryl/α,β-unsaturated/α-hetero) is 2. The zero-order valence-corrected chi connectivity index (χ0v) is 16.3. The topological polar surface area (TPSA) is 133 Å². The second-order valence-electron chi connectivity index (χ2n) is 7.70. The van der Waals surface area contributed by atoms with Crippen molar-refractivity contribution in [3.05, 3.63) is 22.5 Å². The Balaban J connectivity index is 1.74. The summed E-state index contributed by atoms with van der Waals surface area (Å²) in [6, 6.07) is 0.142. The molecular weight excluding hydrogens is 364 g/mol. The predicted octanol–water partition coefficient (Wildman–Crippen LogP) is -0.220. The molecule has 0 unspecified atom stereocenters. The molecule has 152 valence electrons. The van der Waals surface area contributed by atoms with E-state index in [0.29, 0.717) is 35.6 Å². The highest BCUT2D eigenvalue weighted by molar-refractivity contribution is 6.25. The first-order valence-corrected chi connectivity index (χ1v) is 9.67. The number of amides is 1. The number of carbonyl (C=O) groups is 3. The maximum Gasteiger partial charge on any atom is 0.404 e. The van der Waals surface area contributed by atoms with Crippen molar-refractivity contribution >= 4 is 17.7 Å². The van der Waals surface area contributed by atoms with Gasteiger partial charge < -0.3 is 30.7 Å². The highest BCUT2D eigenvalue weighted by Crippen LogP contribution is 2.55. The van der Waals surface area contributed by atoms with Crippen LogP contribution in [0, 0.1) is 5.92 Å². The maximum atomic E-state index is 13.4. The van der Waals surface area contributed by atoms with Gasteiger partial charge in [-0.3, -0.25) is 9.59 Å². The molecule has 0 radical (unpaired) electrons. The van der Waals surface area contributed by atoms with Crippen LogP contribution in [0.3, 0.4) is 0 Å². The fraction of sp³-hybridized carbons (Fsp3) is 0.632. The number of nitrogens with zero attached hydrogens (tertiary/aromatic N) is 1. The molecule has 0 aromatic carbocycles. The highest BCUT2D eigenvalue weighted by atomic mass is 16.6. The van der Waals surface area contributed by atoms with Gasteiger partial charge >= 0.3 is 6.09 Å². The van der Waals surface area contributed by atoms with Crippen molar-refractivity contribution in [2.75, 3.05) is 26.8 Å². The van der Waals surface area contributed by atoms with E-state index >= 15 is 0 Å². The predicted molar refractivity (Wildman–Crippen MR) is 98.8 cm³/mol. The average Bonchev–Trinajstić information content (AvgIpc) is 3.27. The number of allylic oxidation sites excluding steroid dienone is 2. The van der Waals surface area contributed by atoms with Crippen LogP contribution in [0.15, 0.2) is 22.5 Å². The number of ether oxygens (including phenoxy) is 2. The Hall–Kier alpha value is -2.39. The minimum Gasteiger partial charge on any atom is -0.449 e. The lowest BCUT2D eigenvalue weighted by Gasteiger charge is -2.39. The maximum absolute atomic E-state index is 13.4. The third-order valence-electron chi connectivity index (χ3n) is 6.26. The van der Waals surface area contributed by atoms with Crippen LogP contribution in [-0.2, 0) is 19.1 Å². The molecule has 0 aromatic heterocycles. The summed E-state index contributed by atoms with van der Waals surface area (Å²) in [7, 11) is 1.56. The minimum atomic E-state index is -0.935. The third-order valence-corrected chi connectivity index (χ3v) is 6.26. The number of unbranched alkanes of at least 4 members (excludes halogenated alkanes) is 1. The SMILES string of the molecule is CCCCNC1=C(C)C(=O)C2=C(C1=O)[C@@H](COC(N)=O)[C@@]1(OC)[C@H]3N[C@H]3CN21. The van der Waals surface area contributed by atoms with Gasteiger partial charge in [0.05, 0.1) is 23.4 Å². The molecule has 4 aliphatic rings. The second kappa shape index (κ2) is 6.59. The molecule has 0 saturated carbocycles. The molecule has 2 fully saturated rings. The summed E-state index contributed by atoms with van der Waals surface area (Å²) in [6.07, 6.45) is 0.938. The summed E-state index contributed by atoms with van der Waals surface area (Å²) in [5, 5.41) is 6.47. The van der Waals surface area contributed by atoms with Gasteiger partial charge in [0.2, 0.25) is 11.6 Å². The smallest absolute Gasteiger partial charge is 0.404 e. The molecule has 9 heteroatoms. The van der Waals surface area contributed by atoms with Crippen molar-refractivity contribution in [1.82, 2.24) is 15.5 Å². The van der Waals surface area contributed by atoms with E-state index < -0.39 is 17.7 Å². The van der Waals surface area contributed by atoms with E-state index in [2.05, 4.69) is 17.6 Å². The number of hydrogen-bond acceptors (Lipinski definition) is 8. The first-order valence-electron chi connectivity index (χ1n) is 9.67. The summed E-state index contributed by atoms with van der Waals surface area (Å²) in [6.45, 7) is 4.79. The number of piperazine rings is 1. The first-order chi connectivity index (χ1) is 13.4. The molecule has 1 aliphatic carbocycles. The van der Waals surface area contributed by atoms with Crippen molar-refractivity contribution < 1.29 is 23.9 Å². The average molecular weight is 390 g/mol. The van der Waals surface area contributed by atoms with Crippen molar-refractivity contribution in [2.24, 2.45) is 11.7 Å². The lowest BCUT2D eigenvalue weighted by molar-refractivity contribution is -0.137. The van der Waals surface area contributed by atoms with Gasteiger partial charge in [0, 0.05) is 37.4 Å². The van der Waals surface area contributed by atoms with Crippen molar-refractivity contribution in [1.29, 1.82) is 0 Å². The van der Waals surface area contributed by atoms with Crippen molar-refractivity contribution in [3.63, 3.8) is 0 Å². The van der Waals surface area contributed by atoms with E-state index in [0.717, 1.165) is 12.8 Å². The van der Waals surface area contributed by atoms with Gasteiger partial charge in [-0.15, -0.1) is 0 Å². The van der Waals surface area contributed by atoms with Crippen molar-refractivity contribution in [2.45, 2.75) is 44.5 Å². The molecular formula is C19H26N4O5. The molecule has 0 bridgehead atoms. The molecule has 2 saturated heterocycles. The number of fused-ring (bicyclic) bond motifs is 4. The first kappa shape index (κ1) is 18.9. The van der Waals surface area contributed by atoms with Crippen LogP contribution in [0.2, 0.25) is 0 Å². The summed E-state index contributed by atoms with van der Waals surface area (Å²) >= 11 is 0. The van der Waals surface area contributed by atoms with Crippen molar-refractivity contribution in [3.8, 4) is 0 Å². The molecule has 3 aliphatic heterocycles. The zero-order valence-electron chi connectivity index (χ0n) is 16.3. The van der Waals surface area contributed by atoms with Gasteiger partial charge in [0.1, 0.15) is 6.61 Å². The van der Waals surface area contributed by atoms with Gasteiger partial charge in [0.15, 0.2) is 5.72 Å². The van der Waals surface area contributed by atoms with E-state index in [1.807, 2.05) is 4.90 Å². The summed E-state index contributed by atoms with van der Waals surface area (Å²) in [5.74, 6) is -1.01. The Morgan fingerprint density at radius 2 is 2.14 bits per heavy atom. The van der Waals surface area contributed by atoms with Crippen LogP contribution in [0.5, 0.6) is 0 Å². The second-order valence-corrected chi connectivity index (χ2v) is 7.70. The molecule has 3 heterocycles. The summed E-state index contributed by atoms with van der Waals surface area (Å²) in [5.41, 5.74) is 5.71. The standard InChI is InChI=1S/C19H26N4O5/c1-4-5-6-21-13-9(2)15(24)14-12(16(13)25)10(8-28-18(20)26)19(27-3)17-11(22-17)7-23(14)19/h10-11,17,21-22H,4-8H2,1-3H3,(H2,20,26)/t10-,11+,17+,19-/m1/s1. The number of hydrogen-bond donors (Lipinski definition) is 3. The van der Waals surface area contributed by atoms with Crippen LogP contribution >= 0.6 is 0 Å². The molecule has 0 aromatic rings. The number of rotatable bonds is 7. The number of methoxy groups -OCH3 is 1. The number of primary amides is 1. The lowest BCUT2D eigenvalue weighted by atomic mass is 9.82. The number of ketones is 2. The third kappa shape index (κ3) is 2.42. The molecule has 4 atom stereocenters. The minimum absolute atomic E-state index is 0.0398. The Bertz CT molecular complexity index is 819. The van der Waals surface area contributed by atoms with Gasteiger partial charge in [-0.25, -0.2) is 4.79 Å². The van der Waals surface area contributed by atoms with Gasteiger partial charge in [-0.2, -0.15) is 0 Å². The summed E-state index contributed by atoms with van der Waals surface area (Å²) in [4.78, 5) is 39.8. The Labute approximate surface area is 163 Å². The van der Waals surface area contributed by atoms with Crippen LogP contribution < -0.4 is 16.4 Å². The van der Waals surface area contributed by atoms with Crippen LogP contribution in [0.1, 0.15) is 26.7 Å². The number of nitrogens with two attached hydrogens (primary N) is 1. The molecule has 4 rings (SSSR count). The van der Waals surface area contributed by atoms with Crippen LogP contribution in [-0.4, -0.2) is 67.2 Å². The quantitative estimate of drug-likeness (QED) is 0.309. The summed E-state index contributed by atoms with van der Waals surface area (Å²) < 4.78 is 11.0. The van der Waals surface area contributed by atoms with Gasteiger partial charge in [0.25, 0.3) is 0 Å². The van der Waals surface area contributed by atoms with E-state index in [1.54, 1.807) is 14.0 Å². The van der Waals surface area contributed by atoms with E-state index in [-0.39, 0.29) is 30.3 Å². The highest BCUT2D eigenvalue weighted by Gasteiger charge is 2.72. The lowest BCUT2D eigenvalue weighted by Crippen LogP contribution is -2.55. The van der Waals surface area contributed by atoms with E-state index in [1.165, 1.54) is 0 Å².